The lowest BCUT2D eigenvalue weighted by molar-refractivity contribution is 0.187. The predicted octanol–water partition coefficient (Wildman–Crippen LogP) is 3.20. The minimum atomic E-state index is 0.530. The molecule has 0 bridgehead atoms. The average Bonchev–Trinajstić information content (AvgIpc) is 2.23. The van der Waals surface area contributed by atoms with Crippen LogP contribution in [0.3, 0.4) is 0 Å². The molecule has 1 unspecified atom stereocenters. The Bertz CT molecular complexity index is 351. The molecule has 0 spiro atoms. The molecular formula is C12H17ClN2. The van der Waals surface area contributed by atoms with Gasteiger partial charge in [0, 0.05) is 12.2 Å². The number of nitrogens with zero attached hydrogens (tertiary/aromatic N) is 2. The second-order valence-electron chi connectivity index (χ2n) is 4.37. The number of rotatable bonds is 1. The molecule has 82 valence electrons. The summed E-state index contributed by atoms with van der Waals surface area (Å²) < 4.78 is 0. The fourth-order valence-electron chi connectivity index (χ4n) is 2.26. The van der Waals surface area contributed by atoms with Crippen molar-refractivity contribution in [3.05, 3.63) is 28.5 Å². The van der Waals surface area contributed by atoms with Crippen LogP contribution in [0.2, 0.25) is 5.15 Å². The molecule has 0 saturated carbocycles. The van der Waals surface area contributed by atoms with Gasteiger partial charge in [0.05, 0.1) is 0 Å². The summed E-state index contributed by atoms with van der Waals surface area (Å²) in [4.78, 5) is 6.64. The third-order valence-electron chi connectivity index (χ3n) is 3.19. The Morgan fingerprint density at radius 3 is 2.93 bits per heavy atom. The van der Waals surface area contributed by atoms with E-state index in [2.05, 4.69) is 23.0 Å². The lowest BCUT2D eigenvalue weighted by Gasteiger charge is -2.32. The van der Waals surface area contributed by atoms with Gasteiger partial charge in [-0.25, -0.2) is 4.98 Å². The predicted molar refractivity (Wildman–Crippen MR) is 63.2 cm³/mol. The molecular weight excluding hydrogens is 208 g/mol. The Balaban J connectivity index is 2.24. The number of likely N-dealkylation sites (tertiary alicyclic amines) is 1. The Labute approximate surface area is 96.3 Å². The highest BCUT2D eigenvalue weighted by Crippen LogP contribution is 2.30. The SMILES string of the molecule is Cc1cc(C2CCCCN2C)cnc1Cl. The van der Waals surface area contributed by atoms with Crippen LogP contribution < -0.4 is 0 Å². The lowest BCUT2D eigenvalue weighted by atomic mass is 9.96. The first-order valence-corrected chi connectivity index (χ1v) is 5.88. The maximum absolute atomic E-state index is 5.93. The van der Waals surface area contributed by atoms with Gasteiger partial charge >= 0.3 is 0 Å². The smallest absolute Gasteiger partial charge is 0.131 e. The molecule has 1 aromatic heterocycles. The minimum Gasteiger partial charge on any atom is -0.299 e. The largest absolute Gasteiger partial charge is 0.299 e. The first-order valence-electron chi connectivity index (χ1n) is 5.51. The van der Waals surface area contributed by atoms with Crippen LogP contribution >= 0.6 is 11.6 Å². The van der Waals surface area contributed by atoms with Gasteiger partial charge in [-0.15, -0.1) is 0 Å². The lowest BCUT2D eigenvalue weighted by Crippen LogP contribution is -2.29. The molecule has 2 rings (SSSR count). The van der Waals surface area contributed by atoms with Crippen molar-refractivity contribution >= 4 is 11.6 Å². The van der Waals surface area contributed by atoms with Crippen molar-refractivity contribution in [1.29, 1.82) is 0 Å². The monoisotopic (exact) mass is 224 g/mol. The van der Waals surface area contributed by atoms with Gasteiger partial charge in [0.15, 0.2) is 0 Å². The number of aryl methyl sites for hydroxylation is 1. The molecule has 1 atom stereocenters. The minimum absolute atomic E-state index is 0.530. The summed E-state index contributed by atoms with van der Waals surface area (Å²) in [5.41, 5.74) is 2.38. The molecule has 0 aromatic carbocycles. The van der Waals surface area contributed by atoms with E-state index >= 15 is 0 Å². The summed E-state index contributed by atoms with van der Waals surface area (Å²) in [7, 11) is 2.19. The fraction of sp³-hybridized carbons (Fsp3) is 0.583. The van der Waals surface area contributed by atoms with E-state index in [4.69, 9.17) is 11.6 Å². The van der Waals surface area contributed by atoms with Crippen molar-refractivity contribution in [3.8, 4) is 0 Å². The maximum Gasteiger partial charge on any atom is 0.131 e. The average molecular weight is 225 g/mol. The maximum atomic E-state index is 5.93. The van der Waals surface area contributed by atoms with Crippen LogP contribution in [0.1, 0.15) is 36.4 Å². The number of pyridine rings is 1. The standard InChI is InChI=1S/C12H17ClN2/c1-9-7-10(8-14-12(9)13)11-5-3-4-6-15(11)2/h7-8,11H,3-6H2,1-2H3. The molecule has 0 aliphatic carbocycles. The zero-order chi connectivity index (χ0) is 10.8. The van der Waals surface area contributed by atoms with Crippen LogP contribution in [-0.2, 0) is 0 Å². The summed E-state index contributed by atoms with van der Waals surface area (Å²) in [6, 6.07) is 2.70. The van der Waals surface area contributed by atoms with Gasteiger partial charge in [-0.2, -0.15) is 0 Å². The van der Waals surface area contributed by atoms with Crippen LogP contribution in [0.4, 0.5) is 0 Å². The molecule has 0 amide bonds. The molecule has 1 saturated heterocycles. The van der Waals surface area contributed by atoms with E-state index < -0.39 is 0 Å². The van der Waals surface area contributed by atoms with Crippen LogP contribution in [0.5, 0.6) is 0 Å². The van der Waals surface area contributed by atoms with Crippen molar-refractivity contribution in [3.63, 3.8) is 0 Å². The van der Waals surface area contributed by atoms with Gasteiger partial charge in [0.25, 0.3) is 0 Å². The Morgan fingerprint density at radius 1 is 1.47 bits per heavy atom. The fourth-order valence-corrected chi connectivity index (χ4v) is 2.36. The second kappa shape index (κ2) is 4.50. The van der Waals surface area contributed by atoms with Gasteiger partial charge in [-0.1, -0.05) is 18.0 Å². The topological polar surface area (TPSA) is 16.1 Å². The van der Waals surface area contributed by atoms with E-state index in [1.54, 1.807) is 0 Å². The molecule has 15 heavy (non-hydrogen) atoms. The van der Waals surface area contributed by atoms with Gasteiger partial charge < -0.3 is 0 Å². The number of halogens is 1. The second-order valence-corrected chi connectivity index (χ2v) is 4.73. The normalized spacial score (nSPS) is 23.0. The molecule has 1 fully saturated rings. The van der Waals surface area contributed by atoms with Gasteiger partial charge in [-0.05, 0) is 50.6 Å². The van der Waals surface area contributed by atoms with Crippen LogP contribution in [0.25, 0.3) is 0 Å². The van der Waals surface area contributed by atoms with Crippen molar-refractivity contribution in [2.45, 2.75) is 32.2 Å². The van der Waals surface area contributed by atoms with Crippen LogP contribution in [0.15, 0.2) is 12.3 Å². The summed E-state index contributed by atoms with van der Waals surface area (Å²) >= 11 is 5.93. The zero-order valence-electron chi connectivity index (χ0n) is 9.33. The highest BCUT2D eigenvalue weighted by atomic mass is 35.5. The molecule has 1 aliphatic heterocycles. The third-order valence-corrected chi connectivity index (χ3v) is 3.59. The van der Waals surface area contributed by atoms with E-state index in [9.17, 15) is 0 Å². The third kappa shape index (κ3) is 2.32. The molecule has 2 nitrogen and oxygen atoms in total. The van der Waals surface area contributed by atoms with Crippen LogP contribution in [-0.4, -0.2) is 23.5 Å². The Hall–Kier alpha value is -0.600. The van der Waals surface area contributed by atoms with E-state index in [1.165, 1.54) is 31.4 Å². The summed E-state index contributed by atoms with van der Waals surface area (Å²) in [6.45, 7) is 3.20. The van der Waals surface area contributed by atoms with E-state index in [0.29, 0.717) is 11.2 Å². The number of aromatic nitrogens is 1. The molecule has 0 radical (unpaired) electrons. The first-order chi connectivity index (χ1) is 7.18. The molecule has 0 N–H and O–H groups in total. The number of hydrogen-bond acceptors (Lipinski definition) is 2. The van der Waals surface area contributed by atoms with Gasteiger partial charge in [0.2, 0.25) is 0 Å². The first kappa shape index (κ1) is 10.9. The number of hydrogen-bond donors (Lipinski definition) is 0. The van der Waals surface area contributed by atoms with E-state index in [0.717, 1.165) is 5.56 Å². The van der Waals surface area contributed by atoms with Crippen LogP contribution in [0, 0.1) is 6.92 Å². The Kier molecular flexibility index (Phi) is 3.27. The zero-order valence-corrected chi connectivity index (χ0v) is 10.1. The molecule has 1 aliphatic rings. The van der Waals surface area contributed by atoms with Gasteiger partial charge in [-0.3, -0.25) is 4.90 Å². The van der Waals surface area contributed by atoms with Crippen molar-refractivity contribution in [1.82, 2.24) is 9.88 Å². The van der Waals surface area contributed by atoms with E-state index in [1.807, 2.05) is 13.1 Å². The Morgan fingerprint density at radius 2 is 2.27 bits per heavy atom. The molecule has 2 heterocycles. The van der Waals surface area contributed by atoms with Crippen molar-refractivity contribution in [2.75, 3.05) is 13.6 Å². The quantitative estimate of drug-likeness (QED) is 0.681. The number of piperidine rings is 1. The summed E-state index contributed by atoms with van der Waals surface area (Å²) in [5, 5.41) is 0.622. The summed E-state index contributed by atoms with van der Waals surface area (Å²) in [5.74, 6) is 0. The van der Waals surface area contributed by atoms with E-state index in [-0.39, 0.29) is 0 Å². The van der Waals surface area contributed by atoms with Gasteiger partial charge in [0.1, 0.15) is 5.15 Å². The summed E-state index contributed by atoms with van der Waals surface area (Å²) in [6.07, 6.45) is 5.78. The molecule has 3 heteroatoms. The van der Waals surface area contributed by atoms with Crippen molar-refractivity contribution in [2.24, 2.45) is 0 Å². The molecule has 1 aromatic rings. The van der Waals surface area contributed by atoms with Crippen molar-refractivity contribution < 1.29 is 0 Å². The highest BCUT2D eigenvalue weighted by molar-refractivity contribution is 6.30. The highest BCUT2D eigenvalue weighted by Gasteiger charge is 2.21.